The van der Waals surface area contributed by atoms with Crippen LogP contribution in [0.2, 0.25) is 0 Å². The second kappa shape index (κ2) is 8.37. The molecule has 1 nitrogen and oxygen atoms in total. The Labute approximate surface area is 110 Å². The van der Waals surface area contributed by atoms with Gasteiger partial charge in [0.15, 0.2) is 0 Å². The van der Waals surface area contributed by atoms with Gasteiger partial charge in [0, 0.05) is 16.7 Å². The first-order valence-corrected chi connectivity index (χ1v) is 7.28. The standard InChI is InChI=1S/C15H23NS/c1-4-6-14(16-11-5-2)12-17-15-9-7-13(3)8-10-15/h4,7-10,14,16H,1,5-6,11-12H2,2-3H3. The Bertz CT molecular complexity index is 318. The van der Waals surface area contributed by atoms with Gasteiger partial charge in [-0.05, 0) is 38.4 Å². The van der Waals surface area contributed by atoms with Gasteiger partial charge in [-0.1, -0.05) is 30.7 Å². The molecule has 0 aliphatic rings. The number of aryl methyl sites for hydroxylation is 1. The van der Waals surface area contributed by atoms with Gasteiger partial charge in [-0.3, -0.25) is 0 Å². The van der Waals surface area contributed by atoms with Crippen molar-refractivity contribution in [3.05, 3.63) is 42.5 Å². The molecule has 17 heavy (non-hydrogen) atoms. The number of benzene rings is 1. The van der Waals surface area contributed by atoms with Crippen molar-refractivity contribution in [2.75, 3.05) is 12.3 Å². The van der Waals surface area contributed by atoms with Crippen LogP contribution in [0, 0.1) is 6.92 Å². The second-order valence-electron chi connectivity index (χ2n) is 4.30. The van der Waals surface area contributed by atoms with Crippen molar-refractivity contribution >= 4 is 11.8 Å². The van der Waals surface area contributed by atoms with Crippen LogP contribution in [0.25, 0.3) is 0 Å². The van der Waals surface area contributed by atoms with Crippen LogP contribution in [0.15, 0.2) is 41.8 Å². The highest BCUT2D eigenvalue weighted by Crippen LogP contribution is 2.20. The maximum atomic E-state index is 3.83. The summed E-state index contributed by atoms with van der Waals surface area (Å²) < 4.78 is 0. The molecule has 1 aromatic rings. The van der Waals surface area contributed by atoms with Gasteiger partial charge in [0.25, 0.3) is 0 Å². The van der Waals surface area contributed by atoms with Crippen molar-refractivity contribution in [3.63, 3.8) is 0 Å². The van der Waals surface area contributed by atoms with Crippen LogP contribution < -0.4 is 5.32 Å². The summed E-state index contributed by atoms with van der Waals surface area (Å²) in [6.07, 6.45) is 4.23. The third-order valence-electron chi connectivity index (χ3n) is 2.61. The predicted molar refractivity (Wildman–Crippen MR) is 78.8 cm³/mol. The molecule has 0 heterocycles. The molecule has 0 aliphatic carbocycles. The maximum Gasteiger partial charge on any atom is 0.0196 e. The molecule has 1 atom stereocenters. The Balaban J connectivity index is 2.39. The quantitative estimate of drug-likeness (QED) is 0.551. The van der Waals surface area contributed by atoms with E-state index in [1.807, 2.05) is 17.8 Å². The molecule has 0 fully saturated rings. The summed E-state index contributed by atoms with van der Waals surface area (Å²) in [7, 11) is 0. The van der Waals surface area contributed by atoms with Crippen LogP contribution in [-0.4, -0.2) is 18.3 Å². The summed E-state index contributed by atoms with van der Waals surface area (Å²) in [5, 5.41) is 3.56. The number of thioether (sulfide) groups is 1. The second-order valence-corrected chi connectivity index (χ2v) is 5.39. The topological polar surface area (TPSA) is 12.0 Å². The van der Waals surface area contributed by atoms with E-state index in [2.05, 4.69) is 50.0 Å². The average molecular weight is 249 g/mol. The fourth-order valence-electron chi connectivity index (χ4n) is 1.59. The Morgan fingerprint density at radius 3 is 2.65 bits per heavy atom. The van der Waals surface area contributed by atoms with Gasteiger partial charge in [0.05, 0.1) is 0 Å². The van der Waals surface area contributed by atoms with Gasteiger partial charge < -0.3 is 5.32 Å². The van der Waals surface area contributed by atoms with E-state index in [0.717, 1.165) is 18.7 Å². The Morgan fingerprint density at radius 1 is 1.35 bits per heavy atom. The van der Waals surface area contributed by atoms with Crippen LogP contribution in [0.5, 0.6) is 0 Å². The van der Waals surface area contributed by atoms with Crippen molar-refractivity contribution < 1.29 is 0 Å². The maximum absolute atomic E-state index is 3.83. The van der Waals surface area contributed by atoms with Crippen molar-refractivity contribution in [2.24, 2.45) is 0 Å². The average Bonchev–Trinajstić information content (AvgIpc) is 2.35. The molecule has 0 saturated carbocycles. The normalized spacial score (nSPS) is 12.4. The van der Waals surface area contributed by atoms with Crippen molar-refractivity contribution in [3.8, 4) is 0 Å². The molecular weight excluding hydrogens is 226 g/mol. The fraction of sp³-hybridized carbons (Fsp3) is 0.467. The summed E-state index contributed by atoms with van der Waals surface area (Å²) in [5.41, 5.74) is 1.32. The van der Waals surface area contributed by atoms with E-state index in [1.165, 1.54) is 16.9 Å². The Hall–Kier alpha value is -0.730. The molecule has 1 aromatic carbocycles. The van der Waals surface area contributed by atoms with E-state index < -0.39 is 0 Å². The zero-order valence-electron chi connectivity index (χ0n) is 10.9. The smallest absolute Gasteiger partial charge is 0.0196 e. The van der Waals surface area contributed by atoms with Crippen molar-refractivity contribution in [1.82, 2.24) is 5.32 Å². The largest absolute Gasteiger partial charge is 0.313 e. The first-order valence-electron chi connectivity index (χ1n) is 6.30. The lowest BCUT2D eigenvalue weighted by Crippen LogP contribution is -2.31. The number of hydrogen-bond donors (Lipinski definition) is 1. The van der Waals surface area contributed by atoms with Crippen molar-refractivity contribution in [2.45, 2.75) is 37.6 Å². The third kappa shape index (κ3) is 5.94. The Morgan fingerprint density at radius 2 is 2.06 bits per heavy atom. The number of rotatable bonds is 8. The lowest BCUT2D eigenvalue weighted by atomic mass is 10.2. The van der Waals surface area contributed by atoms with Gasteiger partial charge in [-0.2, -0.15) is 0 Å². The third-order valence-corrected chi connectivity index (χ3v) is 3.78. The molecule has 0 amide bonds. The van der Waals surface area contributed by atoms with E-state index in [4.69, 9.17) is 0 Å². The molecule has 0 bridgehead atoms. The lowest BCUT2D eigenvalue weighted by Gasteiger charge is -2.16. The molecule has 0 spiro atoms. The zero-order valence-corrected chi connectivity index (χ0v) is 11.7. The molecular formula is C15H23NS. The van der Waals surface area contributed by atoms with Crippen LogP contribution >= 0.6 is 11.8 Å². The van der Waals surface area contributed by atoms with E-state index in [-0.39, 0.29) is 0 Å². The molecule has 1 N–H and O–H groups in total. The summed E-state index contributed by atoms with van der Waals surface area (Å²) in [6, 6.07) is 9.28. The van der Waals surface area contributed by atoms with E-state index in [0.29, 0.717) is 6.04 Å². The SMILES string of the molecule is C=CCC(CSc1ccc(C)cc1)NCCC. The molecule has 94 valence electrons. The van der Waals surface area contributed by atoms with Gasteiger partial charge in [0.2, 0.25) is 0 Å². The Kier molecular flexibility index (Phi) is 7.06. The molecule has 1 unspecified atom stereocenters. The molecule has 0 saturated heterocycles. The minimum absolute atomic E-state index is 0.541. The molecule has 2 heteroatoms. The van der Waals surface area contributed by atoms with E-state index in [9.17, 15) is 0 Å². The highest BCUT2D eigenvalue weighted by atomic mass is 32.2. The highest BCUT2D eigenvalue weighted by Gasteiger charge is 2.06. The first kappa shape index (κ1) is 14.3. The fourth-order valence-corrected chi connectivity index (χ4v) is 2.57. The number of hydrogen-bond acceptors (Lipinski definition) is 2. The van der Waals surface area contributed by atoms with Gasteiger partial charge >= 0.3 is 0 Å². The summed E-state index contributed by atoms with van der Waals surface area (Å²) in [4.78, 5) is 1.35. The summed E-state index contributed by atoms with van der Waals surface area (Å²) >= 11 is 1.92. The van der Waals surface area contributed by atoms with Crippen LogP contribution in [0.1, 0.15) is 25.3 Å². The van der Waals surface area contributed by atoms with E-state index >= 15 is 0 Å². The number of nitrogens with one attached hydrogen (secondary N) is 1. The molecule has 0 aromatic heterocycles. The van der Waals surface area contributed by atoms with Gasteiger partial charge in [0.1, 0.15) is 0 Å². The van der Waals surface area contributed by atoms with Crippen LogP contribution in [0.3, 0.4) is 0 Å². The first-order chi connectivity index (χ1) is 8.26. The molecule has 0 radical (unpaired) electrons. The minimum Gasteiger partial charge on any atom is -0.313 e. The summed E-state index contributed by atoms with van der Waals surface area (Å²) in [6.45, 7) is 9.24. The van der Waals surface area contributed by atoms with Crippen molar-refractivity contribution in [1.29, 1.82) is 0 Å². The van der Waals surface area contributed by atoms with Gasteiger partial charge in [-0.25, -0.2) is 0 Å². The molecule has 1 rings (SSSR count). The van der Waals surface area contributed by atoms with Crippen LogP contribution in [-0.2, 0) is 0 Å². The molecule has 0 aliphatic heterocycles. The monoisotopic (exact) mass is 249 g/mol. The zero-order chi connectivity index (χ0) is 12.5. The van der Waals surface area contributed by atoms with Gasteiger partial charge in [-0.15, -0.1) is 18.3 Å². The highest BCUT2D eigenvalue weighted by molar-refractivity contribution is 7.99. The predicted octanol–water partition coefficient (Wildman–Crippen LogP) is 4.03. The van der Waals surface area contributed by atoms with Crippen LogP contribution in [0.4, 0.5) is 0 Å². The lowest BCUT2D eigenvalue weighted by molar-refractivity contribution is 0.558. The van der Waals surface area contributed by atoms with E-state index in [1.54, 1.807) is 0 Å². The summed E-state index contributed by atoms with van der Waals surface area (Å²) in [5.74, 6) is 1.11. The minimum atomic E-state index is 0.541.